The lowest BCUT2D eigenvalue weighted by Crippen LogP contribution is -1.93. The summed E-state index contributed by atoms with van der Waals surface area (Å²) in [6.45, 7) is 0. The zero-order valence-electron chi connectivity index (χ0n) is 4.68. The second kappa shape index (κ2) is 2.14. The molecule has 0 saturated heterocycles. The molecule has 5 nitrogen and oxygen atoms in total. The van der Waals surface area contributed by atoms with Gasteiger partial charge in [-0.1, -0.05) is 0 Å². The van der Waals surface area contributed by atoms with E-state index in [1.807, 2.05) is 0 Å². The first-order valence-corrected chi connectivity index (χ1v) is 3.38. The Morgan fingerprint density at radius 1 is 1.67 bits per heavy atom. The van der Waals surface area contributed by atoms with E-state index >= 15 is 0 Å². The molecule has 9 heavy (non-hydrogen) atoms. The molecule has 50 valence electrons. The molecule has 0 aliphatic carbocycles. The van der Waals surface area contributed by atoms with Crippen molar-refractivity contribution in [2.24, 2.45) is 7.05 Å². The molecule has 0 spiro atoms. The summed E-state index contributed by atoms with van der Waals surface area (Å²) >= 11 is 0. The second-order valence-corrected chi connectivity index (χ2v) is 2.41. The van der Waals surface area contributed by atoms with Crippen molar-refractivity contribution in [1.29, 1.82) is 0 Å². The van der Waals surface area contributed by atoms with Crippen LogP contribution >= 0.6 is 0 Å². The Bertz CT molecular complexity index is 268. The van der Waals surface area contributed by atoms with Gasteiger partial charge in [0.1, 0.15) is 6.33 Å². The van der Waals surface area contributed by atoms with Gasteiger partial charge in [0.15, 0.2) is 0 Å². The van der Waals surface area contributed by atoms with Gasteiger partial charge in [0.25, 0.3) is 0 Å². The van der Waals surface area contributed by atoms with E-state index < -0.39 is 10.7 Å². The Balaban J connectivity index is 3.23. The normalized spacial score (nSPS) is 10.4. The summed E-state index contributed by atoms with van der Waals surface area (Å²) in [6, 6.07) is 0. The van der Waals surface area contributed by atoms with Crippen molar-refractivity contribution >= 4 is 10.7 Å². The number of hydrogen-bond donors (Lipinski definition) is 1. The summed E-state index contributed by atoms with van der Waals surface area (Å²) in [5.74, 6) is 0. The Kier molecular flexibility index (Phi) is 1.48. The molecule has 0 radical (unpaired) electrons. The van der Waals surface area contributed by atoms with Crippen LogP contribution in [0.2, 0.25) is 0 Å². The van der Waals surface area contributed by atoms with Crippen LogP contribution in [0, 0.1) is 0 Å². The Hall–Kier alpha value is -0.910. The molecular formula is C3H5N3O2S. The predicted molar refractivity (Wildman–Crippen MR) is 29.6 cm³/mol. The highest BCUT2D eigenvalue weighted by atomic mass is 32.2. The molecule has 0 saturated carbocycles. The summed E-state index contributed by atoms with van der Waals surface area (Å²) in [4.78, 5) is 0. The maximum Gasteiger partial charge on any atom is 0.246 e. The minimum absolute atomic E-state index is 0.00926. The maximum absolute atomic E-state index is 10.2. The van der Waals surface area contributed by atoms with Gasteiger partial charge in [-0.2, -0.15) is 0 Å². The van der Waals surface area contributed by atoms with Gasteiger partial charge in [-0.05, 0) is 0 Å². The summed E-state index contributed by atoms with van der Waals surface area (Å²) in [7, 11) is -1.02. The van der Waals surface area contributed by atoms with Gasteiger partial charge in [0.05, 0.1) is 0 Å². The quantitative estimate of drug-likeness (QED) is 0.506. The topological polar surface area (TPSA) is 64.8 Å². The Morgan fingerprint density at radius 2 is 2.33 bits per heavy atom. The zero-order valence-corrected chi connectivity index (χ0v) is 5.58. The molecule has 0 unspecified atom stereocenters. The molecule has 1 aromatic heterocycles. The fourth-order valence-corrected chi connectivity index (χ4v) is 0.876. The molecule has 0 aliphatic heterocycles. The monoisotopic (exact) mass is 147 g/mol. The van der Waals surface area contributed by atoms with Crippen molar-refractivity contribution in [1.82, 2.24) is 14.8 Å². The SMILES string of the molecule is Cn1cnnc1[SH](=O)=O. The van der Waals surface area contributed by atoms with Gasteiger partial charge in [0.2, 0.25) is 15.9 Å². The lowest BCUT2D eigenvalue weighted by Gasteiger charge is -1.85. The first-order valence-electron chi connectivity index (χ1n) is 2.20. The van der Waals surface area contributed by atoms with Crippen molar-refractivity contribution < 1.29 is 8.42 Å². The minimum Gasteiger partial charge on any atom is -0.308 e. The van der Waals surface area contributed by atoms with E-state index in [-0.39, 0.29) is 5.16 Å². The largest absolute Gasteiger partial charge is 0.308 e. The lowest BCUT2D eigenvalue weighted by atomic mass is 11.1. The van der Waals surface area contributed by atoms with Crippen LogP contribution in [-0.4, -0.2) is 23.2 Å². The molecule has 1 rings (SSSR count). The molecule has 0 atom stereocenters. The molecule has 1 heterocycles. The summed E-state index contributed by atoms with van der Waals surface area (Å²) in [5, 5.41) is 6.69. The number of nitrogens with zero attached hydrogens (tertiary/aromatic N) is 3. The third kappa shape index (κ3) is 1.07. The van der Waals surface area contributed by atoms with E-state index in [0.29, 0.717) is 0 Å². The van der Waals surface area contributed by atoms with Gasteiger partial charge in [-0.15, -0.1) is 10.2 Å². The minimum atomic E-state index is -2.59. The molecule has 0 bridgehead atoms. The van der Waals surface area contributed by atoms with E-state index in [9.17, 15) is 8.42 Å². The van der Waals surface area contributed by atoms with Crippen LogP contribution in [0.25, 0.3) is 0 Å². The van der Waals surface area contributed by atoms with Crippen LogP contribution in [0.4, 0.5) is 0 Å². The van der Waals surface area contributed by atoms with E-state index in [1.54, 1.807) is 7.05 Å². The molecule has 0 N–H and O–H groups in total. The molecule has 6 heteroatoms. The second-order valence-electron chi connectivity index (χ2n) is 1.50. The van der Waals surface area contributed by atoms with Crippen LogP contribution in [0.1, 0.15) is 0 Å². The third-order valence-corrected chi connectivity index (χ3v) is 1.58. The maximum atomic E-state index is 10.2. The van der Waals surface area contributed by atoms with Crippen molar-refractivity contribution in [2.45, 2.75) is 5.16 Å². The van der Waals surface area contributed by atoms with E-state index in [4.69, 9.17) is 0 Å². The predicted octanol–water partition coefficient (Wildman–Crippen LogP) is -1.21. The molecule has 0 aromatic carbocycles. The van der Waals surface area contributed by atoms with Gasteiger partial charge in [0, 0.05) is 7.05 Å². The number of aromatic nitrogens is 3. The van der Waals surface area contributed by atoms with E-state index in [0.717, 1.165) is 0 Å². The van der Waals surface area contributed by atoms with Crippen LogP contribution in [0.15, 0.2) is 11.5 Å². The molecule has 1 aromatic rings. The summed E-state index contributed by atoms with van der Waals surface area (Å²) in [5.41, 5.74) is 0. The fourth-order valence-electron chi connectivity index (χ4n) is 0.442. The number of thiol groups is 1. The van der Waals surface area contributed by atoms with Crippen molar-refractivity contribution in [3.05, 3.63) is 6.33 Å². The van der Waals surface area contributed by atoms with Gasteiger partial charge >= 0.3 is 0 Å². The first kappa shape index (κ1) is 6.21. The zero-order chi connectivity index (χ0) is 6.85. The highest BCUT2D eigenvalue weighted by molar-refractivity contribution is 7.72. The van der Waals surface area contributed by atoms with Crippen LogP contribution < -0.4 is 0 Å². The van der Waals surface area contributed by atoms with Gasteiger partial charge < -0.3 is 4.57 Å². The number of aryl methyl sites for hydroxylation is 1. The van der Waals surface area contributed by atoms with Crippen LogP contribution in [0.5, 0.6) is 0 Å². The average molecular weight is 147 g/mol. The van der Waals surface area contributed by atoms with Gasteiger partial charge in [-0.25, -0.2) is 8.42 Å². The van der Waals surface area contributed by atoms with Crippen LogP contribution in [-0.2, 0) is 17.8 Å². The van der Waals surface area contributed by atoms with Crippen LogP contribution in [0.3, 0.4) is 0 Å². The standard InChI is InChI=1S/C3H5N3O2S/c1-6-2-4-5-3(6)9(7)8/h2,9H,1H3. The van der Waals surface area contributed by atoms with E-state index in [1.165, 1.54) is 10.9 Å². The number of rotatable bonds is 1. The smallest absolute Gasteiger partial charge is 0.246 e. The van der Waals surface area contributed by atoms with Crippen molar-refractivity contribution in [3.63, 3.8) is 0 Å². The average Bonchev–Trinajstić information content (AvgIpc) is 2.13. The lowest BCUT2D eigenvalue weighted by molar-refractivity contribution is 0.598. The molecule has 0 fully saturated rings. The highest BCUT2D eigenvalue weighted by Gasteiger charge is 1.99. The van der Waals surface area contributed by atoms with Crippen molar-refractivity contribution in [2.75, 3.05) is 0 Å². The third-order valence-electron chi connectivity index (χ3n) is 0.851. The summed E-state index contributed by atoms with van der Waals surface area (Å²) in [6.07, 6.45) is 1.33. The molecule has 0 aliphatic rings. The summed E-state index contributed by atoms with van der Waals surface area (Å²) < 4.78 is 21.7. The highest BCUT2D eigenvalue weighted by Crippen LogP contribution is 1.89. The van der Waals surface area contributed by atoms with Crippen molar-refractivity contribution in [3.8, 4) is 0 Å². The molecular weight excluding hydrogens is 142 g/mol. The Morgan fingerprint density at radius 3 is 2.56 bits per heavy atom. The van der Waals surface area contributed by atoms with E-state index in [2.05, 4.69) is 10.2 Å². The van der Waals surface area contributed by atoms with Gasteiger partial charge in [-0.3, -0.25) is 0 Å². The Labute approximate surface area is 53.3 Å². The first-order chi connectivity index (χ1) is 4.22. The fraction of sp³-hybridized carbons (Fsp3) is 0.333. The number of hydrogen-bond acceptors (Lipinski definition) is 4. The molecule has 0 amide bonds.